The number of esters is 2. The summed E-state index contributed by atoms with van der Waals surface area (Å²) in [6, 6.07) is 0. The number of aliphatic hydroxyl groups is 1. The van der Waals surface area contributed by atoms with Gasteiger partial charge < -0.3 is 19.3 Å². The molecule has 1 N–H and O–H groups in total. The van der Waals surface area contributed by atoms with Gasteiger partial charge in [0.15, 0.2) is 11.9 Å². The molecule has 23 heavy (non-hydrogen) atoms. The van der Waals surface area contributed by atoms with E-state index in [1.54, 1.807) is 0 Å². The molecule has 0 unspecified atom stereocenters. The Hall–Kier alpha value is -1.56. The Kier molecular flexibility index (Phi) is 9.36. The SMILES string of the molecule is CCCCCC(=O)O/C=C1\OC[C@@H](O)[C@H]1OC(=O)CCCCC. The van der Waals surface area contributed by atoms with E-state index in [1.807, 2.05) is 0 Å². The van der Waals surface area contributed by atoms with Crippen LogP contribution in [0.15, 0.2) is 12.0 Å². The molecule has 0 amide bonds. The molecule has 6 heteroatoms. The fraction of sp³-hybridized carbons (Fsp3) is 0.765. The normalized spacial score (nSPS) is 22.0. The number of hydrogen-bond donors (Lipinski definition) is 1. The van der Waals surface area contributed by atoms with Crippen molar-refractivity contribution in [1.29, 1.82) is 0 Å². The second kappa shape index (κ2) is 11.0. The van der Waals surface area contributed by atoms with Crippen molar-refractivity contribution < 1.29 is 28.9 Å². The first-order valence-electron chi connectivity index (χ1n) is 8.48. The molecule has 0 saturated carbocycles. The monoisotopic (exact) mass is 328 g/mol. The van der Waals surface area contributed by atoms with Crippen LogP contribution in [0.1, 0.15) is 65.2 Å². The number of hydrogen-bond acceptors (Lipinski definition) is 6. The lowest BCUT2D eigenvalue weighted by Gasteiger charge is -2.14. The van der Waals surface area contributed by atoms with Gasteiger partial charge in [0.25, 0.3) is 0 Å². The Labute approximate surface area is 137 Å². The van der Waals surface area contributed by atoms with Crippen molar-refractivity contribution in [3.63, 3.8) is 0 Å². The summed E-state index contributed by atoms with van der Waals surface area (Å²) < 4.78 is 15.5. The summed E-state index contributed by atoms with van der Waals surface area (Å²) >= 11 is 0. The zero-order valence-electron chi connectivity index (χ0n) is 14.1. The van der Waals surface area contributed by atoms with Gasteiger partial charge in [0.05, 0.1) is 0 Å². The maximum Gasteiger partial charge on any atom is 0.310 e. The van der Waals surface area contributed by atoms with Crippen LogP contribution in [0.3, 0.4) is 0 Å². The van der Waals surface area contributed by atoms with E-state index in [1.165, 1.54) is 0 Å². The van der Waals surface area contributed by atoms with Crippen LogP contribution >= 0.6 is 0 Å². The second-order valence-corrected chi connectivity index (χ2v) is 5.71. The fourth-order valence-electron chi connectivity index (χ4n) is 2.20. The van der Waals surface area contributed by atoms with Gasteiger partial charge in [0, 0.05) is 12.8 Å². The van der Waals surface area contributed by atoms with Crippen LogP contribution < -0.4 is 0 Å². The summed E-state index contributed by atoms with van der Waals surface area (Å²) in [7, 11) is 0. The predicted molar refractivity (Wildman–Crippen MR) is 84.3 cm³/mol. The molecule has 0 aliphatic carbocycles. The van der Waals surface area contributed by atoms with Crippen molar-refractivity contribution in [2.75, 3.05) is 6.61 Å². The quantitative estimate of drug-likeness (QED) is 0.377. The maximum absolute atomic E-state index is 11.8. The first kappa shape index (κ1) is 19.5. The summed E-state index contributed by atoms with van der Waals surface area (Å²) in [5, 5.41) is 9.83. The number of aliphatic hydroxyl groups excluding tert-OH is 1. The number of carbonyl (C=O) groups is 2. The highest BCUT2D eigenvalue weighted by atomic mass is 16.6. The van der Waals surface area contributed by atoms with E-state index in [9.17, 15) is 14.7 Å². The molecule has 0 aromatic carbocycles. The van der Waals surface area contributed by atoms with Gasteiger partial charge in [-0.1, -0.05) is 39.5 Å². The molecule has 132 valence electrons. The van der Waals surface area contributed by atoms with Gasteiger partial charge in [-0.25, -0.2) is 0 Å². The molecule has 2 atom stereocenters. The van der Waals surface area contributed by atoms with Crippen molar-refractivity contribution in [3.05, 3.63) is 12.0 Å². The molecule has 1 aliphatic heterocycles. The third-order valence-electron chi connectivity index (χ3n) is 3.58. The Morgan fingerprint density at radius 2 is 1.74 bits per heavy atom. The highest BCUT2D eigenvalue weighted by Gasteiger charge is 2.36. The average Bonchev–Trinajstić information content (AvgIpc) is 2.86. The minimum atomic E-state index is -0.935. The predicted octanol–water partition coefficient (Wildman–Crippen LogP) is 2.83. The molecule has 1 saturated heterocycles. The number of unbranched alkanes of at least 4 members (excludes halogenated alkanes) is 4. The molecule has 0 bridgehead atoms. The topological polar surface area (TPSA) is 82.1 Å². The smallest absolute Gasteiger partial charge is 0.310 e. The highest BCUT2D eigenvalue weighted by molar-refractivity contribution is 5.70. The van der Waals surface area contributed by atoms with E-state index in [0.29, 0.717) is 12.8 Å². The Bertz CT molecular complexity index is 404. The number of ether oxygens (including phenoxy) is 3. The Morgan fingerprint density at radius 1 is 1.13 bits per heavy atom. The number of rotatable bonds is 10. The first-order chi connectivity index (χ1) is 11.1. The molecular weight excluding hydrogens is 300 g/mol. The fourth-order valence-corrected chi connectivity index (χ4v) is 2.20. The van der Waals surface area contributed by atoms with Crippen LogP contribution in [-0.2, 0) is 23.8 Å². The molecule has 1 rings (SSSR count). The zero-order valence-corrected chi connectivity index (χ0v) is 14.1. The van der Waals surface area contributed by atoms with Gasteiger partial charge in [-0.3, -0.25) is 9.59 Å². The summed E-state index contributed by atoms with van der Waals surface area (Å²) in [6.45, 7) is 4.13. The van der Waals surface area contributed by atoms with Crippen LogP contribution in [0.25, 0.3) is 0 Å². The minimum Gasteiger partial charge on any atom is -0.488 e. The average molecular weight is 328 g/mol. The van der Waals surface area contributed by atoms with Crippen molar-refractivity contribution in [2.24, 2.45) is 0 Å². The number of carbonyl (C=O) groups excluding carboxylic acids is 2. The van der Waals surface area contributed by atoms with Crippen LogP contribution in [0.4, 0.5) is 0 Å². The van der Waals surface area contributed by atoms with Gasteiger partial charge in [-0.05, 0) is 12.8 Å². The molecular formula is C17H28O6. The van der Waals surface area contributed by atoms with Gasteiger partial charge in [-0.15, -0.1) is 0 Å². The third-order valence-corrected chi connectivity index (χ3v) is 3.58. The lowest BCUT2D eigenvalue weighted by atomic mass is 10.2. The molecule has 0 aromatic heterocycles. The van der Waals surface area contributed by atoms with Crippen LogP contribution in [0.2, 0.25) is 0 Å². The molecule has 0 radical (unpaired) electrons. The molecule has 1 fully saturated rings. The van der Waals surface area contributed by atoms with Crippen molar-refractivity contribution in [3.8, 4) is 0 Å². The van der Waals surface area contributed by atoms with Crippen molar-refractivity contribution >= 4 is 11.9 Å². The lowest BCUT2D eigenvalue weighted by Crippen LogP contribution is -2.28. The Morgan fingerprint density at radius 3 is 2.35 bits per heavy atom. The van der Waals surface area contributed by atoms with E-state index < -0.39 is 12.2 Å². The maximum atomic E-state index is 11.8. The highest BCUT2D eigenvalue weighted by Crippen LogP contribution is 2.22. The van der Waals surface area contributed by atoms with Crippen LogP contribution in [-0.4, -0.2) is 35.9 Å². The second-order valence-electron chi connectivity index (χ2n) is 5.71. The van der Waals surface area contributed by atoms with E-state index in [-0.39, 0.29) is 24.3 Å². The minimum absolute atomic E-state index is 0.0200. The van der Waals surface area contributed by atoms with E-state index >= 15 is 0 Å². The zero-order chi connectivity index (χ0) is 17.1. The summed E-state index contributed by atoms with van der Waals surface area (Å²) in [5.41, 5.74) is 0. The van der Waals surface area contributed by atoms with Gasteiger partial charge in [-0.2, -0.15) is 0 Å². The molecule has 0 aromatic rings. The van der Waals surface area contributed by atoms with Crippen molar-refractivity contribution in [2.45, 2.75) is 77.4 Å². The molecule has 1 heterocycles. The third kappa shape index (κ3) is 7.50. The van der Waals surface area contributed by atoms with E-state index in [0.717, 1.165) is 44.8 Å². The Balaban J connectivity index is 2.44. The van der Waals surface area contributed by atoms with Crippen molar-refractivity contribution in [1.82, 2.24) is 0 Å². The molecule has 1 aliphatic rings. The van der Waals surface area contributed by atoms with Gasteiger partial charge >= 0.3 is 11.9 Å². The molecule has 0 spiro atoms. The van der Waals surface area contributed by atoms with Crippen LogP contribution in [0, 0.1) is 0 Å². The summed E-state index contributed by atoms with van der Waals surface area (Å²) in [4.78, 5) is 23.3. The van der Waals surface area contributed by atoms with Crippen LogP contribution in [0.5, 0.6) is 0 Å². The largest absolute Gasteiger partial charge is 0.488 e. The molecule has 6 nitrogen and oxygen atoms in total. The van der Waals surface area contributed by atoms with E-state index in [4.69, 9.17) is 14.2 Å². The standard InChI is InChI=1S/C17H28O6/c1-3-5-7-9-15(19)22-12-14-17(13(18)11-21-14)23-16(20)10-8-6-4-2/h12-13,17-18H,3-11H2,1-2H3/b14-12-/t13-,17-/m1/s1. The van der Waals surface area contributed by atoms with E-state index in [2.05, 4.69) is 13.8 Å². The summed E-state index contributed by atoms with van der Waals surface area (Å²) in [6.07, 6.45) is 5.46. The lowest BCUT2D eigenvalue weighted by molar-refractivity contribution is -0.151. The first-order valence-corrected chi connectivity index (χ1v) is 8.48. The summed E-state index contributed by atoms with van der Waals surface area (Å²) in [5.74, 6) is -0.553. The van der Waals surface area contributed by atoms with Gasteiger partial charge in [0.2, 0.25) is 0 Å². The van der Waals surface area contributed by atoms with Gasteiger partial charge in [0.1, 0.15) is 19.0 Å².